The Labute approximate surface area is 116 Å². The van der Waals surface area contributed by atoms with Crippen LogP contribution in [0.2, 0.25) is 0 Å². The molecule has 19 heavy (non-hydrogen) atoms. The van der Waals surface area contributed by atoms with Crippen LogP contribution in [0.1, 0.15) is 52.9 Å². The molecule has 0 aromatic carbocycles. The normalized spacial score (nSPS) is 19.1. The van der Waals surface area contributed by atoms with Crippen LogP contribution in [0.15, 0.2) is 12.4 Å². The van der Waals surface area contributed by atoms with E-state index in [-0.39, 0.29) is 0 Å². The monoisotopic (exact) mass is 262 g/mol. The van der Waals surface area contributed by atoms with Crippen LogP contribution in [0, 0.1) is 5.41 Å². The number of rotatable bonds is 5. The molecule has 1 saturated carbocycles. The second kappa shape index (κ2) is 6.22. The highest BCUT2D eigenvalue weighted by Crippen LogP contribution is 2.35. The molecule has 0 radical (unpaired) electrons. The first-order chi connectivity index (χ1) is 9.09. The number of hydrogen-bond donors (Lipinski definition) is 2. The van der Waals surface area contributed by atoms with Crippen molar-refractivity contribution in [2.75, 3.05) is 17.2 Å². The highest BCUT2D eigenvalue weighted by atomic mass is 15.1. The third-order valence-electron chi connectivity index (χ3n) is 3.91. The van der Waals surface area contributed by atoms with Gasteiger partial charge in [-0.15, -0.1) is 0 Å². The molecule has 0 saturated heterocycles. The van der Waals surface area contributed by atoms with E-state index in [2.05, 4.69) is 41.4 Å². The largest absolute Gasteiger partial charge is 0.370 e. The Hall–Kier alpha value is -1.32. The molecule has 1 aliphatic carbocycles. The molecule has 1 aromatic heterocycles. The van der Waals surface area contributed by atoms with Crippen LogP contribution in [0.25, 0.3) is 0 Å². The molecule has 0 amide bonds. The van der Waals surface area contributed by atoms with Gasteiger partial charge in [-0.1, -0.05) is 20.8 Å². The number of hydrogen-bond acceptors (Lipinski definition) is 4. The minimum Gasteiger partial charge on any atom is -0.370 e. The minimum absolute atomic E-state index is 0.512. The van der Waals surface area contributed by atoms with Crippen molar-refractivity contribution in [2.45, 2.75) is 58.9 Å². The molecule has 2 N–H and O–H groups in total. The summed E-state index contributed by atoms with van der Waals surface area (Å²) in [6.45, 7) is 7.83. The molecule has 0 spiro atoms. The van der Waals surface area contributed by atoms with Gasteiger partial charge < -0.3 is 10.6 Å². The fourth-order valence-corrected chi connectivity index (χ4v) is 2.54. The van der Waals surface area contributed by atoms with Gasteiger partial charge in [0.2, 0.25) is 0 Å². The van der Waals surface area contributed by atoms with Gasteiger partial charge in [0.25, 0.3) is 0 Å². The first-order valence-corrected chi connectivity index (χ1v) is 7.41. The summed E-state index contributed by atoms with van der Waals surface area (Å²) in [6, 6.07) is 2.57. The summed E-state index contributed by atoms with van der Waals surface area (Å²) in [7, 11) is 0. The van der Waals surface area contributed by atoms with Crippen molar-refractivity contribution in [3.63, 3.8) is 0 Å². The van der Waals surface area contributed by atoms with E-state index >= 15 is 0 Å². The number of nitrogens with one attached hydrogen (secondary N) is 2. The molecule has 4 heteroatoms. The molecule has 0 bridgehead atoms. The van der Waals surface area contributed by atoms with Gasteiger partial charge in [-0.3, -0.25) is 0 Å². The van der Waals surface area contributed by atoms with E-state index in [0.29, 0.717) is 11.5 Å². The molecule has 106 valence electrons. The maximum atomic E-state index is 4.32. The molecule has 1 aliphatic rings. The molecule has 1 aromatic rings. The summed E-state index contributed by atoms with van der Waals surface area (Å²) in [4.78, 5) is 8.55. The van der Waals surface area contributed by atoms with Gasteiger partial charge in [0.15, 0.2) is 0 Å². The van der Waals surface area contributed by atoms with E-state index in [9.17, 15) is 0 Å². The second-order valence-corrected chi connectivity index (χ2v) is 6.30. The molecule has 2 rings (SSSR count). The van der Waals surface area contributed by atoms with Crippen molar-refractivity contribution in [3.05, 3.63) is 12.4 Å². The molecule has 0 unspecified atom stereocenters. The van der Waals surface area contributed by atoms with Crippen molar-refractivity contribution in [1.29, 1.82) is 0 Å². The predicted octanol–water partition coefficient (Wildman–Crippen LogP) is 3.68. The Bertz CT molecular complexity index is 393. The van der Waals surface area contributed by atoms with E-state index < -0.39 is 0 Å². The zero-order valence-corrected chi connectivity index (χ0v) is 12.4. The van der Waals surface area contributed by atoms with Gasteiger partial charge in [-0.2, -0.15) is 0 Å². The average molecular weight is 262 g/mol. The van der Waals surface area contributed by atoms with Crippen LogP contribution in [0.3, 0.4) is 0 Å². The van der Waals surface area contributed by atoms with E-state index in [1.807, 2.05) is 6.07 Å². The van der Waals surface area contributed by atoms with Gasteiger partial charge >= 0.3 is 0 Å². The van der Waals surface area contributed by atoms with Crippen molar-refractivity contribution in [2.24, 2.45) is 5.41 Å². The zero-order chi connectivity index (χ0) is 13.7. The lowest BCUT2D eigenvalue weighted by atomic mass is 9.75. The Morgan fingerprint density at radius 1 is 1.21 bits per heavy atom. The van der Waals surface area contributed by atoms with Gasteiger partial charge in [-0.05, 0) is 37.5 Å². The van der Waals surface area contributed by atoms with E-state index in [0.717, 1.165) is 24.6 Å². The van der Waals surface area contributed by atoms with Crippen LogP contribution in [-0.2, 0) is 0 Å². The Balaban J connectivity index is 1.89. The molecule has 0 aliphatic heterocycles. The fraction of sp³-hybridized carbons (Fsp3) is 0.733. The van der Waals surface area contributed by atoms with E-state index in [1.54, 1.807) is 6.33 Å². The Morgan fingerprint density at radius 3 is 2.58 bits per heavy atom. The lowest BCUT2D eigenvalue weighted by molar-refractivity contribution is 0.232. The van der Waals surface area contributed by atoms with Crippen molar-refractivity contribution in [3.8, 4) is 0 Å². The highest BCUT2D eigenvalue weighted by Gasteiger charge is 2.26. The van der Waals surface area contributed by atoms with Gasteiger partial charge in [0.05, 0.1) is 0 Å². The minimum atomic E-state index is 0.512. The van der Waals surface area contributed by atoms with Gasteiger partial charge in [-0.25, -0.2) is 9.97 Å². The van der Waals surface area contributed by atoms with Crippen molar-refractivity contribution in [1.82, 2.24) is 9.97 Å². The predicted molar refractivity (Wildman–Crippen MR) is 80.5 cm³/mol. The van der Waals surface area contributed by atoms with E-state index in [1.165, 1.54) is 25.7 Å². The fourth-order valence-electron chi connectivity index (χ4n) is 2.54. The quantitative estimate of drug-likeness (QED) is 0.850. The molecule has 0 atom stereocenters. The number of anilines is 2. The van der Waals surface area contributed by atoms with E-state index in [4.69, 9.17) is 0 Å². The maximum Gasteiger partial charge on any atom is 0.131 e. The van der Waals surface area contributed by atoms with Crippen LogP contribution < -0.4 is 10.6 Å². The number of aromatic nitrogens is 2. The molecular weight excluding hydrogens is 236 g/mol. The topological polar surface area (TPSA) is 49.8 Å². The highest BCUT2D eigenvalue weighted by molar-refractivity contribution is 5.46. The third-order valence-corrected chi connectivity index (χ3v) is 3.91. The summed E-state index contributed by atoms with van der Waals surface area (Å²) in [5.74, 6) is 1.86. The third kappa shape index (κ3) is 4.37. The van der Waals surface area contributed by atoms with Crippen LogP contribution in [0.4, 0.5) is 11.6 Å². The van der Waals surface area contributed by atoms with Gasteiger partial charge in [0.1, 0.15) is 18.0 Å². The average Bonchev–Trinajstić information content (AvgIpc) is 2.39. The molecule has 1 heterocycles. The summed E-state index contributed by atoms with van der Waals surface area (Å²) >= 11 is 0. The first-order valence-electron chi connectivity index (χ1n) is 7.41. The Kier molecular flexibility index (Phi) is 4.61. The molecule has 1 fully saturated rings. The molecule has 4 nitrogen and oxygen atoms in total. The first kappa shape index (κ1) is 14.1. The van der Waals surface area contributed by atoms with Gasteiger partial charge in [0, 0.05) is 18.7 Å². The van der Waals surface area contributed by atoms with Crippen LogP contribution in [-0.4, -0.2) is 22.6 Å². The van der Waals surface area contributed by atoms with Crippen molar-refractivity contribution >= 4 is 11.6 Å². The smallest absolute Gasteiger partial charge is 0.131 e. The zero-order valence-electron chi connectivity index (χ0n) is 12.4. The number of nitrogens with zero attached hydrogens (tertiary/aromatic N) is 2. The summed E-state index contributed by atoms with van der Waals surface area (Å²) in [6.07, 6.45) is 7.77. The van der Waals surface area contributed by atoms with Crippen LogP contribution >= 0.6 is 0 Å². The van der Waals surface area contributed by atoms with Crippen LogP contribution in [0.5, 0.6) is 0 Å². The maximum absolute atomic E-state index is 4.32. The summed E-state index contributed by atoms with van der Waals surface area (Å²) in [5.41, 5.74) is 0.512. The summed E-state index contributed by atoms with van der Waals surface area (Å²) < 4.78 is 0. The lowest BCUT2D eigenvalue weighted by Crippen LogP contribution is -2.30. The molecular formula is C15H26N4. The Morgan fingerprint density at radius 2 is 1.89 bits per heavy atom. The second-order valence-electron chi connectivity index (χ2n) is 6.30. The lowest BCUT2D eigenvalue weighted by Gasteiger charge is -2.34. The SMILES string of the molecule is CCCNc1cc(NC2CCC(C)(C)CC2)ncn1. The summed E-state index contributed by atoms with van der Waals surface area (Å²) in [5, 5.41) is 6.84. The standard InChI is InChI=1S/C15H26N4/c1-4-9-16-13-10-14(18-11-17-13)19-12-5-7-15(2,3)8-6-12/h10-12H,4-9H2,1-3H3,(H2,16,17,18,19). The van der Waals surface area contributed by atoms with Crippen molar-refractivity contribution < 1.29 is 0 Å².